The molecule has 1 aliphatic carbocycles. The summed E-state index contributed by atoms with van der Waals surface area (Å²) in [5.74, 6) is 0.704. The minimum absolute atomic E-state index is 0. The van der Waals surface area contributed by atoms with Crippen molar-refractivity contribution in [3.8, 4) is 5.75 Å². The van der Waals surface area contributed by atoms with Gasteiger partial charge < -0.3 is 14.4 Å². The van der Waals surface area contributed by atoms with E-state index in [0.29, 0.717) is 24.7 Å². The maximum atomic E-state index is 12.4. The number of nitrogens with zero attached hydrogens (tertiary/aromatic N) is 1. The predicted molar refractivity (Wildman–Crippen MR) is 122 cm³/mol. The van der Waals surface area contributed by atoms with Crippen molar-refractivity contribution in [2.75, 3.05) is 32.6 Å². The third kappa shape index (κ3) is 8.43. The molecule has 6 heteroatoms. The third-order valence-corrected chi connectivity index (χ3v) is 5.83. The fourth-order valence-corrected chi connectivity index (χ4v) is 3.86. The van der Waals surface area contributed by atoms with Gasteiger partial charge in [-0.3, -0.25) is 5.32 Å². The highest BCUT2D eigenvalue weighted by Gasteiger charge is 2.35. The number of unbranched alkanes of at least 4 members (excludes halogenated alkanes) is 4. The number of likely N-dealkylation sites (N-methyl/N-ethyl adjacent to an activating group) is 1. The summed E-state index contributed by atoms with van der Waals surface area (Å²) in [5, 5.41) is 2.86. The van der Waals surface area contributed by atoms with E-state index in [0.717, 1.165) is 19.3 Å². The molecule has 5 nitrogen and oxygen atoms in total. The van der Waals surface area contributed by atoms with E-state index in [1.165, 1.54) is 44.9 Å². The molecule has 1 aromatic rings. The van der Waals surface area contributed by atoms with Crippen LogP contribution in [0.25, 0.3) is 0 Å². The maximum Gasteiger partial charge on any atom is 0.411 e. The Morgan fingerprint density at radius 3 is 2.45 bits per heavy atom. The number of carbonyl (C=O) groups is 1. The van der Waals surface area contributed by atoms with Crippen LogP contribution in [-0.4, -0.2) is 43.8 Å². The number of anilines is 1. The van der Waals surface area contributed by atoms with Crippen molar-refractivity contribution in [1.82, 2.24) is 4.90 Å². The molecule has 1 aromatic carbocycles. The molecule has 1 fully saturated rings. The molecule has 0 radical (unpaired) electrons. The number of para-hydroxylation sites is 2. The molecule has 0 unspecified atom stereocenters. The normalized spacial score (nSPS) is 15.4. The van der Waals surface area contributed by atoms with Gasteiger partial charge >= 0.3 is 6.09 Å². The van der Waals surface area contributed by atoms with Crippen LogP contribution in [0.2, 0.25) is 0 Å². The van der Waals surface area contributed by atoms with E-state index in [9.17, 15) is 4.79 Å². The van der Waals surface area contributed by atoms with Crippen LogP contribution < -0.4 is 10.1 Å². The Labute approximate surface area is 182 Å². The lowest BCUT2D eigenvalue weighted by Gasteiger charge is -2.42. The first-order chi connectivity index (χ1) is 13.6. The van der Waals surface area contributed by atoms with Crippen LogP contribution in [0, 0.1) is 0 Å². The SMILES string of the molecule is CCCCCCCOc1ccccc1NC(=O)OCC1(N(C)C)CCCCC1.Cl. The molecule has 0 bridgehead atoms. The summed E-state index contributed by atoms with van der Waals surface area (Å²) in [6, 6.07) is 7.57. The van der Waals surface area contributed by atoms with Gasteiger partial charge in [0.1, 0.15) is 12.4 Å². The summed E-state index contributed by atoms with van der Waals surface area (Å²) >= 11 is 0. The van der Waals surface area contributed by atoms with Gasteiger partial charge in [0.15, 0.2) is 0 Å². The van der Waals surface area contributed by atoms with Gasteiger partial charge in [0.2, 0.25) is 0 Å². The molecule has 0 heterocycles. The molecule has 1 aliphatic rings. The Morgan fingerprint density at radius 2 is 1.76 bits per heavy atom. The van der Waals surface area contributed by atoms with Crippen molar-refractivity contribution >= 4 is 24.2 Å². The van der Waals surface area contributed by atoms with Crippen molar-refractivity contribution in [1.29, 1.82) is 0 Å². The van der Waals surface area contributed by atoms with Crippen molar-refractivity contribution in [2.24, 2.45) is 0 Å². The molecule has 166 valence electrons. The van der Waals surface area contributed by atoms with Gasteiger partial charge in [-0.1, -0.05) is 64.0 Å². The second kappa shape index (κ2) is 13.7. The zero-order valence-electron chi connectivity index (χ0n) is 18.4. The zero-order chi connectivity index (χ0) is 20.2. The van der Waals surface area contributed by atoms with Gasteiger partial charge in [0.05, 0.1) is 17.8 Å². The smallest absolute Gasteiger partial charge is 0.411 e. The Bertz CT molecular complexity index is 589. The monoisotopic (exact) mass is 426 g/mol. The highest BCUT2D eigenvalue weighted by Crippen LogP contribution is 2.32. The number of rotatable bonds is 11. The second-order valence-corrected chi connectivity index (χ2v) is 8.14. The van der Waals surface area contributed by atoms with E-state index in [1.807, 2.05) is 24.3 Å². The van der Waals surface area contributed by atoms with Gasteiger partial charge in [0, 0.05) is 0 Å². The van der Waals surface area contributed by atoms with Crippen molar-refractivity contribution < 1.29 is 14.3 Å². The predicted octanol–water partition coefficient (Wildman–Crippen LogP) is 6.27. The van der Waals surface area contributed by atoms with Crippen LogP contribution in [0.5, 0.6) is 5.75 Å². The number of nitrogens with one attached hydrogen (secondary N) is 1. The molecular formula is C23H39ClN2O3. The fourth-order valence-electron chi connectivity index (χ4n) is 3.86. The number of amides is 1. The van der Waals surface area contributed by atoms with E-state index < -0.39 is 6.09 Å². The van der Waals surface area contributed by atoms with Gasteiger partial charge in [-0.25, -0.2) is 4.79 Å². The summed E-state index contributed by atoms with van der Waals surface area (Å²) in [7, 11) is 4.16. The molecule has 1 N–H and O–H groups in total. The topological polar surface area (TPSA) is 50.8 Å². The molecule has 2 rings (SSSR count). The third-order valence-electron chi connectivity index (χ3n) is 5.83. The fraction of sp³-hybridized carbons (Fsp3) is 0.696. The summed E-state index contributed by atoms with van der Waals surface area (Å²) in [5.41, 5.74) is 0.632. The Morgan fingerprint density at radius 1 is 1.07 bits per heavy atom. The van der Waals surface area contributed by atoms with E-state index >= 15 is 0 Å². The van der Waals surface area contributed by atoms with Gasteiger partial charge in [0.25, 0.3) is 0 Å². The van der Waals surface area contributed by atoms with E-state index in [2.05, 4.69) is 31.2 Å². The average molecular weight is 427 g/mol. The van der Waals surface area contributed by atoms with Gasteiger partial charge in [-0.05, 0) is 45.5 Å². The lowest BCUT2D eigenvalue weighted by Crippen LogP contribution is -2.50. The average Bonchev–Trinajstić information content (AvgIpc) is 2.71. The zero-order valence-corrected chi connectivity index (χ0v) is 19.2. The number of benzene rings is 1. The lowest BCUT2D eigenvalue weighted by atomic mass is 9.81. The first kappa shape index (κ1) is 25.6. The highest BCUT2D eigenvalue weighted by atomic mass is 35.5. The number of hydrogen-bond acceptors (Lipinski definition) is 4. The largest absolute Gasteiger partial charge is 0.491 e. The summed E-state index contributed by atoms with van der Waals surface area (Å²) in [6.45, 7) is 3.31. The Kier molecular flexibility index (Phi) is 12.1. The van der Waals surface area contributed by atoms with Crippen molar-refractivity contribution in [2.45, 2.75) is 76.7 Å². The van der Waals surface area contributed by atoms with Gasteiger partial charge in [-0.2, -0.15) is 0 Å². The standard InChI is InChI=1S/C23H38N2O3.ClH/c1-4-5-6-7-13-18-27-21-15-10-9-14-20(21)24-22(26)28-19-23(25(2)3)16-11-8-12-17-23;/h9-10,14-15H,4-8,11-13,16-19H2,1-3H3,(H,24,26);1H. The Hall–Kier alpha value is -1.46. The molecule has 1 saturated carbocycles. The van der Waals surface area contributed by atoms with Crippen LogP contribution in [-0.2, 0) is 4.74 Å². The van der Waals surface area contributed by atoms with Crippen LogP contribution in [0.3, 0.4) is 0 Å². The van der Waals surface area contributed by atoms with E-state index in [4.69, 9.17) is 9.47 Å². The second-order valence-electron chi connectivity index (χ2n) is 8.14. The first-order valence-electron chi connectivity index (χ1n) is 10.9. The van der Waals surface area contributed by atoms with Crippen LogP contribution in [0.1, 0.15) is 71.1 Å². The number of carbonyl (C=O) groups excluding carboxylic acids is 1. The molecule has 0 aliphatic heterocycles. The summed E-state index contributed by atoms with van der Waals surface area (Å²) in [6.07, 6.45) is 11.4. The summed E-state index contributed by atoms with van der Waals surface area (Å²) < 4.78 is 11.5. The quantitative estimate of drug-likeness (QED) is 0.423. The molecule has 0 aromatic heterocycles. The van der Waals surface area contributed by atoms with E-state index in [1.54, 1.807) is 0 Å². The Balaban J connectivity index is 0.00000420. The molecule has 29 heavy (non-hydrogen) atoms. The maximum absolute atomic E-state index is 12.4. The summed E-state index contributed by atoms with van der Waals surface area (Å²) in [4.78, 5) is 14.6. The van der Waals surface area contributed by atoms with Crippen molar-refractivity contribution in [3.63, 3.8) is 0 Å². The number of halogens is 1. The highest BCUT2D eigenvalue weighted by molar-refractivity contribution is 5.86. The molecule has 1 amide bonds. The number of ether oxygens (including phenoxy) is 2. The first-order valence-corrected chi connectivity index (χ1v) is 10.9. The van der Waals surface area contributed by atoms with Crippen molar-refractivity contribution in [3.05, 3.63) is 24.3 Å². The lowest BCUT2D eigenvalue weighted by molar-refractivity contribution is 0.0263. The molecule has 0 spiro atoms. The molecular weight excluding hydrogens is 388 g/mol. The van der Waals surface area contributed by atoms with Crippen LogP contribution >= 0.6 is 12.4 Å². The van der Waals surface area contributed by atoms with Gasteiger partial charge in [-0.15, -0.1) is 12.4 Å². The number of hydrogen-bond donors (Lipinski definition) is 1. The van der Waals surface area contributed by atoms with E-state index in [-0.39, 0.29) is 17.9 Å². The molecule has 0 saturated heterocycles. The van der Waals surface area contributed by atoms with Crippen LogP contribution in [0.15, 0.2) is 24.3 Å². The minimum Gasteiger partial charge on any atom is -0.491 e. The van der Waals surface area contributed by atoms with Crippen LogP contribution in [0.4, 0.5) is 10.5 Å². The molecule has 0 atom stereocenters. The minimum atomic E-state index is -0.411.